The van der Waals surface area contributed by atoms with Crippen LogP contribution in [0.4, 0.5) is 5.00 Å². The maximum atomic E-state index is 13.2. The lowest BCUT2D eigenvalue weighted by Gasteiger charge is -2.24. The van der Waals surface area contributed by atoms with Crippen molar-refractivity contribution in [2.24, 2.45) is 11.8 Å². The molecule has 3 fully saturated rings. The SMILES string of the molecule is O=C(NC1CCCCC1)c1c(NC(=O)[C@H]2[C@H](C(=O)O)[C@H]3CC[C@H]2O3)sc2c1CCC2. The summed E-state index contributed by atoms with van der Waals surface area (Å²) < 4.78 is 5.74. The first-order valence-corrected chi connectivity index (χ1v) is 12.0. The van der Waals surface area contributed by atoms with E-state index in [9.17, 15) is 19.5 Å². The van der Waals surface area contributed by atoms with Crippen molar-refractivity contribution >= 4 is 34.1 Å². The number of hydrogen-bond donors (Lipinski definition) is 3. The van der Waals surface area contributed by atoms with Crippen molar-refractivity contribution in [2.75, 3.05) is 5.32 Å². The fraction of sp³-hybridized carbons (Fsp3) is 0.682. The van der Waals surface area contributed by atoms with Gasteiger partial charge in [0.15, 0.2) is 0 Å². The van der Waals surface area contributed by atoms with E-state index in [-0.39, 0.29) is 30.1 Å². The van der Waals surface area contributed by atoms with Crippen LogP contribution < -0.4 is 10.6 Å². The van der Waals surface area contributed by atoms with Crippen LogP contribution in [-0.4, -0.2) is 41.1 Å². The van der Waals surface area contributed by atoms with Crippen LogP contribution in [0.3, 0.4) is 0 Å². The minimum atomic E-state index is -0.980. The van der Waals surface area contributed by atoms with E-state index in [1.807, 2.05) is 0 Å². The highest BCUT2D eigenvalue weighted by molar-refractivity contribution is 7.17. The normalized spacial score (nSPS) is 30.3. The highest BCUT2D eigenvalue weighted by Crippen LogP contribution is 2.45. The molecule has 1 aromatic rings. The number of nitrogens with one attached hydrogen (secondary N) is 2. The largest absolute Gasteiger partial charge is 0.481 e. The molecule has 0 unspecified atom stereocenters. The number of hydrogen-bond acceptors (Lipinski definition) is 5. The van der Waals surface area contributed by atoms with Crippen molar-refractivity contribution < 1.29 is 24.2 Å². The number of carbonyl (C=O) groups is 3. The Morgan fingerprint density at radius 2 is 1.67 bits per heavy atom. The van der Waals surface area contributed by atoms with Gasteiger partial charge in [-0.25, -0.2) is 0 Å². The Bertz CT molecular complexity index is 875. The summed E-state index contributed by atoms with van der Waals surface area (Å²) in [7, 11) is 0. The van der Waals surface area contributed by atoms with Crippen molar-refractivity contribution in [3.8, 4) is 0 Å². The Hall–Kier alpha value is -1.93. The predicted molar refractivity (Wildman–Crippen MR) is 112 cm³/mol. The molecule has 162 valence electrons. The molecule has 4 aliphatic rings. The first-order chi connectivity index (χ1) is 14.5. The zero-order chi connectivity index (χ0) is 20.8. The van der Waals surface area contributed by atoms with E-state index < -0.39 is 17.8 Å². The first-order valence-electron chi connectivity index (χ1n) is 11.2. The number of carboxylic acids is 1. The fourth-order valence-electron chi connectivity index (χ4n) is 5.76. The van der Waals surface area contributed by atoms with Crippen LogP contribution in [0.15, 0.2) is 0 Å². The van der Waals surface area contributed by atoms with E-state index in [0.717, 1.165) is 55.4 Å². The van der Waals surface area contributed by atoms with Gasteiger partial charge in [0.05, 0.1) is 29.6 Å². The smallest absolute Gasteiger partial charge is 0.310 e. The highest BCUT2D eigenvalue weighted by atomic mass is 32.1. The summed E-state index contributed by atoms with van der Waals surface area (Å²) in [5.41, 5.74) is 1.66. The van der Waals surface area contributed by atoms with Crippen molar-refractivity contribution in [1.29, 1.82) is 0 Å². The standard InChI is InChI=1S/C22H28N2O5S/c25-19(23-11-5-2-1-3-6-11)16-12-7-4-8-15(12)30-21(16)24-20(26)17-13-9-10-14(29-13)18(17)22(27)28/h11,13-14,17-18H,1-10H2,(H,23,25)(H,24,26)(H,27,28)/t13-,14-,17-,18-/m1/s1. The summed E-state index contributed by atoms with van der Waals surface area (Å²) in [4.78, 5) is 39.2. The van der Waals surface area contributed by atoms with Gasteiger partial charge in [0.2, 0.25) is 5.91 Å². The number of carbonyl (C=O) groups excluding carboxylic acids is 2. The molecule has 0 aromatic carbocycles. The second kappa shape index (κ2) is 7.96. The van der Waals surface area contributed by atoms with E-state index in [0.29, 0.717) is 23.4 Å². The van der Waals surface area contributed by atoms with Crippen LogP contribution in [0.1, 0.15) is 72.2 Å². The van der Waals surface area contributed by atoms with Crippen molar-refractivity contribution in [3.63, 3.8) is 0 Å². The third kappa shape index (κ3) is 3.43. The third-order valence-electron chi connectivity index (χ3n) is 7.19. The molecular weight excluding hydrogens is 404 g/mol. The molecule has 2 bridgehead atoms. The Morgan fingerprint density at radius 1 is 0.933 bits per heavy atom. The molecule has 2 aliphatic heterocycles. The Morgan fingerprint density at radius 3 is 2.40 bits per heavy atom. The number of thiophene rings is 1. The fourth-order valence-corrected chi connectivity index (χ4v) is 7.05. The minimum Gasteiger partial charge on any atom is -0.481 e. The van der Waals surface area contributed by atoms with Gasteiger partial charge in [0, 0.05) is 10.9 Å². The van der Waals surface area contributed by atoms with Gasteiger partial charge < -0.3 is 20.5 Å². The summed E-state index contributed by atoms with van der Waals surface area (Å²) in [6, 6.07) is 0.196. The zero-order valence-electron chi connectivity index (χ0n) is 16.9. The zero-order valence-corrected chi connectivity index (χ0v) is 17.8. The average molecular weight is 433 g/mol. The molecule has 30 heavy (non-hydrogen) atoms. The average Bonchev–Trinajstić information content (AvgIpc) is 3.48. The summed E-state index contributed by atoms with van der Waals surface area (Å²) >= 11 is 1.47. The molecule has 4 atom stereocenters. The number of amides is 2. The van der Waals surface area contributed by atoms with Crippen molar-refractivity contribution in [2.45, 2.75) is 82.5 Å². The predicted octanol–water partition coefficient (Wildman–Crippen LogP) is 3.12. The van der Waals surface area contributed by atoms with Gasteiger partial charge in [-0.15, -0.1) is 11.3 Å². The molecule has 2 aliphatic carbocycles. The lowest BCUT2D eigenvalue weighted by atomic mass is 9.79. The van der Waals surface area contributed by atoms with E-state index in [1.165, 1.54) is 17.8 Å². The molecule has 5 rings (SSSR count). The molecule has 2 amide bonds. The lowest BCUT2D eigenvalue weighted by molar-refractivity contribution is -0.147. The number of ether oxygens (including phenoxy) is 1. The monoisotopic (exact) mass is 432 g/mol. The molecule has 2 saturated heterocycles. The van der Waals surface area contributed by atoms with Crippen LogP contribution in [0.25, 0.3) is 0 Å². The van der Waals surface area contributed by atoms with Crippen LogP contribution in [0.2, 0.25) is 0 Å². The van der Waals surface area contributed by atoms with Crippen molar-refractivity contribution in [3.05, 3.63) is 16.0 Å². The highest BCUT2D eigenvalue weighted by Gasteiger charge is 2.55. The Balaban J connectivity index is 1.37. The number of carboxylic acid groups (broad SMARTS) is 1. The summed E-state index contributed by atoms with van der Waals surface area (Å²) in [5, 5.41) is 16.3. The molecule has 3 heterocycles. The van der Waals surface area contributed by atoms with Crippen LogP contribution in [0, 0.1) is 11.8 Å². The van der Waals surface area contributed by atoms with Crippen LogP contribution in [-0.2, 0) is 27.2 Å². The van der Waals surface area contributed by atoms with Crippen LogP contribution >= 0.6 is 11.3 Å². The number of aliphatic carboxylic acids is 1. The molecular formula is C22H28N2O5S. The van der Waals surface area contributed by atoms with E-state index in [1.54, 1.807) is 0 Å². The Labute approximate surface area is 179 Å². The minimum absolute atomic E-state index is 0.101. The van der Waals surface area contributed by atoms with Gasteiger partial charge in [0.25, 0.3) is 5.91 Å². The van der Waals surface area contributed by atoms with Crippen molar-refractivity contribution in [1.82, 2.24) is 5.32 Å². The van der Waals surface area contributed by atoms with E-state index in [2.05, 4.69) is 10.6 Å². The Kier molecular flexibility index (Phi) is 5.31. The van der Waals surface area contributed by atoms with Gasteiger partial charge in [-0.1, -0.05) is 19.3 Å². The van der Waals surface area contributed by atoms with Gasteiger partial charge in [-0.2, -0.15) is 0 Å². The van der Waals surface area contributed by atoms with Gasteiger partial charge in [-0.05, 0) is 50.5 Å². The summed E-state index contributed by atoms with van der Waals surface area (Å²) in [6.45, 7) is 0. The molecule has 8 heteroatoms. The molecule has 7 nitrogen and oxygen atoms in total. The molecule has 1 aromatic heterocycles. The topological polar surface area (TPSA) is 105 Å². The van der Waals surface area contributed by atoms with Gasteiger partial charge in [-0.3, -0.25) is 14.4 Å². The molecule has 0 radical (unpaired) electrons. The maximum Gasteiger partial charge on any atom is 0.310 e. The van der Waals surface area contributed by atoms with Gasteiger partial charge in [0.1, 0.15) is 5.00 Å². The number of fused-ring (bicyclic) bond motifs is 3. The molecule has 1 saturated carbocycles. The number of rotatable bonds is 5. The second-order valence-corrected chi connectivity index (χ2v) is 10.1. The third-order valence-corrected chi connectivity index (χ3v) is 8.39. The van der Waals surface area contributed by atoms with Crippen LogP contribution in [0.5, 0.6) is 0 Å². The van der Waals surface area contributed by atoms with Gasteiger partial charge >= 0.3 is 5.97 Å². The second-order valence-electron chi connectivity index (χ2n) is 9.04. The number of aryl methyl sites for hydroxylation is 1. The van der Waals surface area contributed by atoms with E-state index in [4.69, 9.17) is 4.74 Å². The quantitative estimate of drug-likeness (QED) is 0.663. The summed E-state index contributed by atoms with van der Waals surface area (Å²) in [5.74, 6) is -2.93. The lowest BCUT2D eigenvalue weighted by Crippen LogP contribution is -2.41. The molecule has 3 N–H and O–H groups in total. The summed E-state index contributed by atoms with van der Waals surface area (Å²) in [6.07, 6.45) is 8.97. The number of anilines is 1. The van der Waals surface area contributed by atoms with E-state index >= 15 is 0 Å². The molecule has 0 spiro atoms. The maximum absolute atomic E-state index is 13.2. The first kappa shape index (κ1) is 20.0.